The molecule has 0 radical (unpaired) electrons. The molecule has 6 heteroatoms. The first-order valence-corrected chi connectivity index (χ1v) is 8.29. The maximum atomic E-state index is 11.7. The minimum Gasteiger partial charge on any atom is -0.496 e. The Morgan fingerprint density at radius 1 is 1.30 bits per heavy atom. The Labute approximate surface area is 122 Å². The van der Waals surface area contributed by atoms with Crippen LogP contribution in [0.5, 0.6) is 5.75 Å². The van der Waals surface area contributed by atoms with Crippen LogP contribution in [-0.2, 0) is 10.0 Å². The van der Waals surface area contributed by atoms with Gasteiger partial charge >= 0.3 is 0 Å². The molecule has 0 aromatic heterocycles. The van der Waals surface area contributed by atoms with E-state index in [1.807, 2.05) is 24.3 Å². The summed E-state index contributed by atoms with van der Waals surface area (Å²) < 4.78 is 30.0. The Bertz CT molecular complexity index is 515. The van der Waals surface area contributed by atoms with Gasteiger partial charge < -0.3 is 10.1 Å². The van der Waals surface area contributed by atoms with Gasteiger partial charge in [-0.2, -0.15) is 0 Å². The molecule has 0 fully saturated rings. The third-order valence-corrected chi connectivity index (χ3v) is 5.06. The maximum Gasteiger partial charge on any atom is 0.214 e. The molecule has 0 amide bonds. The van der Waals surface area contributed by atoms with Crippen LogP contribution < -0.4 is 10.1 Å². The van der Waals surface area contributed by atoms with Gasteiger partial charge in [-0.05, 0) is 12.5 Å². The summed E-state index contributed by atoms with van der Waals surface area (Å²) in [6.45, 7) is 2.47. The van der Waals surface area contributed by atoms with E-state index in [1.54, 1.807) is 21.2 Å². The highest BCUT2D eigenvalue weighted by Crippen LogP contribution is 2.26. The van der Waals surface area contributed by atoms with Crippen LogP contribution in [0.15, 0.2) is 24.3 Å². The first kappa shape index (κ1) is 16.9. The van der Waals surface area contributed by atoms with Crippen molar-refractivity contribution in [3.63, 3.8) is 0 Å². The van der Waals surface area contributed by atoms with Crippen molar-refractivity contribution < 1.29 is 13.2 Å². The number of ether oxygens (including phenoxy) is 1. The second kappa shape index (κ2) is 7.61. The molecule has 0 aliphatic carbocycles. The number of hydrogen-bond donors (Lipinski definition) is 1. The largest absolute Gasteiger partial charge is 0.496 e. The van der Waals surface area contributed by atoms with Gasteiger partial charge in [-0.3, -0.25) is 0 Å². The molecule has 0 saturated heterocycles. The fourth-order valence-corrected chi connectivity index (χ4v) is 2.71. The average Bonchev–Trinajstić information content (AvgIpc) is 2.43. The van der Waals surface area contributed by atoms with Crippen LogP contribution in [0.4, 0.5) is 0 Å². The lowest BCUT2D eigenvalue weighted by Gasteiger charge is -2.20. The van der Waals surface area contributed by atoms with Crippen molar-refractivity contribution in [2.24, 2.45) is 0 Å². The molecule has 1 N–H and O–H groups in total. The highest BCUT2D eigenvalue weighted by Gasteiger charge is 2.16. The minimum absolute atomic E-state index is 0.0866. The van der Waals surface area contributed by atoms with Crippen LogP contribution in [0.1, 0.15) is 24.9 Å². The zero-order valence-electron chi connectivity index (χ0n) is 12.6. The van der Waals surface area contributed by atoms with Crippen LogP contribution in [0.3, 0.4) is 0 Å². The van der Waals surface area contributed by atoms with Crippen molar-refractivity contribution in [2.75, 3.05) is 33.5 Å². The lowest BCUT2D eigenvalue weighted by molar-refractivity contribution is 0.398. The molecular weight excluding hydrogens is 276 g/mol. The second-order valence-electron chi connectivity index (χ2n) is 4.76. The molecule has 0 aliphatic rings. The van der Waals surface area contributed by atoms with Crippen molar-refractivity contribution >= 4 is 10.0 Å². The Kier molecular flexibility index (Phi) is 6.45. The molecule has 20 heavy (non-hydrogen) atoms. The third kappa shape index (κ3) is 4.47. The Morgan fingerprint density at radius 2 is 1.95 bits per heavy atom. The molecule has 0 aliphatic heterocycles. The highest BCUT2D eigenvalue weighted by molar-refractivity contribution is 7.89. The molecule has 1 unspecified atom stereocenters. The highest BCUT2D eigenvalue weighted by atomic mass is 32.2. The molecule has 0 heterocycles. The summed E-state index contributed by atoms with van der Waals surface area (Å²) in [6.07, 6.45) is 0.863. The van der Waals surface area contributed by atoms with Gasteiger partial charge in [0.25, 0.3) is 0 Å². The summed E-state index contributed by atoms with van der Waals surface area (Å²) in [5.41, 5.74) is 1.06. The van der Waals surface area contributed by atoms with Gasteiger partial charge in [0.15, 0.2) is 0 Å². The topological polar surface area (TPSA) is 58.6 Å². The van der Waals surface area contributed by atoms with E-state index in [2.05, 4.69) is 12.2 Å². The quantitative estimate of drug-likeness (QED) is 0.793. The number of nitrogens with zero attached hydrogens (tertiary/aromatic N) is 1. The number of rotatable bonds is 8. The Hall–Kier alpha value is -1.11. The number of para-hydroxylation sites is 1. The molecule has 1 aromatic rings. The lowest BCUT2D eigenvalue weighted by atomic mass is 10.0. The SMILES string of the molecule is CCC(NCCS(=O)(=O)N(C)C)c1ccccc1OC. The first-order chi connectivity index (χ1) is 9.42. The fourth-order valence-electron chi connectivity index (χ4n) is 1.97. The van der Waals surface area contributed by atoms with E-state index in [4.69, 9.17) is 4.74 Å². The van der Waals surface area contributed by atoms with E-state index in [1.165, 1.54) is 4.31 Å². The van der Waals surface area contributed by atoms with Gasteiger partial charge in [0.05, 0.1) is 12.9 Å². The van der Waals surface area contributed by atoms with Crippen molar-refractivity contribution in [3.8, 4) is 5.75 Å². The second-order valence-corrected chi connectivity index (χ2v) is 7.06. The summed E-state index contributed by atoms with van der Waals surface area (Å²) in [5.74, 6) is 0.911. The lowest BCUT2D eigenvalue weighted by Crippen LogP contribution is -2.32. The van der Waals surface area contributed by atoms with Crippen molar-refractivity contribution in [3.05, 3.63) is 29.8 Å². The number of nitrogens with one attached hydrogen (secondary N) is 1. The van der Waals surface area contributed by atoms with Gasteiger partial charge in [-0.25, -0.2) is 12.7 Å². The fraction of sp³-hybridized carbons (Fsp3) is 0.571. The van der Waals surface area contributed by atoms with Crippen molar-refractivity contribution in [2.45, 2.75) is 19.4 Å². The van der Waals surface area contributed by atoms with Crippen LogP contribution in [0, 0.1) is 0 Å². The minimum atomic E-state index is -3.16. The number of methoxy groups -OCH3 is 1. The van der Waals surface area contributed by atoms with Gasteiger partial charge in [0.2, 0.25) is 10.0 Å². The normalized spacial score (nSPS) is 13.4. The molecule has 1 rings (SSSR count). The first-order valence-electron chi connectivity index (χ1n) is 6.68. The number of benzene rings is 1. The van der Waals surface area contributed by atoms with E-state index in [9.17, 15) is 8.42 Å². The molecule has 1 atom stereocenters. The van der Waals surface area contributed by atoms with Gasteiger partial charge in [0.1, 0.15) is 5.75 Å². The van der Waals surface area contributed by atoms with Gasteiger partial charge in [-0.1, -0.05) is 25.1 Å². The predicted octanol–water partition coefficient (Wildman–Crippen LogP) is 1.63. The summed E-state index contributed by atoms with van der Waals surface area (Å²) in [6, 6.07) is 7.88. The van der Waals surface area contributed by atoms with E-state index in [0.717, 1.165) is 17.7 Å². The Morgan fingerprint density at radius 3 is 2.50 bits per heavy atom. The zero-order chi connectivity index (χ0) is 15.2. The van der Waals surface area contributed by atoms with E-state index in [0.29, 0.717) is 6.54 Å². The molecule has 5 nitrogen and oxygen atoms in total. The third-order valence-electron chi connectivity index (χ3n) is 3.23. The van der Waals surface area contributed by atoms with E-state index >= 15 is 0 Å². The smallest absolute Gasteiger partial charge is 0.214 e. The average molecular weight is 300 g/mol. The summed E-state index contributed by atoms with van der Waals surface area (Å²) in [5, 5.41) is 3.29. The van der Waals surface area contributed by atoms with Crippen LogP contribution in [0.25, 0.3) is 0 Å². The van der Waals surface area contributed by atoms with Crippen LogP contribution >= 0.6 is 0 Å². The summed E-state index contributed by atoms with van der Waals surface area (Å²) in [7, 11) is 1.58. The standard InChI is InChI=1S/C14H24N2O3S/c1-5-13(12-8-6-7-9-14(12)19-4)15-10-11-20(17,18)16(2)3/h6-9,13,15H,5,10-11H2,1-4H3. The van der Waals surface area contributed by atoms with Gasteiger partial charge in [0, 0.05) is 32.2 Å². The molecule has 114 valence electrons. The van der Waals surface area contributed by atoms with Crippen molar-refractivity contribution in [1.82, 2.24) is 9.62 Å². The van der Waals surface area contributed by atoms with E-state index < -0.39 is 10.0 Å². The summed E-state index contributed by atoms with van der Waals surface area (Å²) >= 11 is 0. The number of hydrogen-bond acceptors (Lipinski definition) is 4. The molecular formula is C14H24N2O3S. The zero-order valence-corrected chi connectivity index (χ0v) is 13.4. The van der Waals surface area contributed by atoms with E-state index in [-0.39, 0.29) is 11.8 Å². The predicted molar refractivity (Wildman–Crippen MR) is 81.5 cm³/mol. The molecule has 1 aromatic carbocycles. The van der Waals surface area contributed by atoms with Crippen molar-refractivity contribution in [1.29, 1.82) is 0 Å². The summed E-state index contributed by atoms with van der Waals surface area (Å²) in [4.78, 5) is 0. The Balaban J connectivity index is 2.69. The maximum absolute atomic E-state index is 11.7. The van der Waals surface area contributed by atoms with Crippen LogP contribution in [0.2, 0.25) is 0 Å². The molecule has 0 bridgehead atoms. The van der Waals surface area contributed by atoms with Crippen LogP contribution in [-0.4, -0.2) is 46.2 Å². The molecule has 0 spiro atoms. The molecule has 0 saturated carbocycles. The van der Waals surface area contributed by atoms with Gasteiger partial charge in [-0.15, -0.1) is 0 Å². The monoisotopic (exact) mass is 300 g/mol. The number of sulfonamides is 1.